The number of ether oxygens (including phenoxy) is 1. The Morgan fingerprint density at radius 2 is 1.90 bits per heavy atom. The first-order valence-electron chi connectivity index (χ1n) is 9.80. The Morgan fingerprint density at radius 3 is 2.58 bits per heavy atom. The molecule has 4 aromatic rings. The number of aromatic nitrogens is 3. The highest BCUT2D eigenvalue weighted by Crippen LogP contribution is 2.29. The van der Waals surface area contributed by atoms with Crippen molar-refractivity contribution >= 4 is 22.5 Å². The average Bonchev–Trinajstić information content (AvgIpc) is 3.16. The number of amides is 1. The Bertz CT molecular complexity index is 1320. The van der Waals surface area contributed by atoms with Gasteiger partial charge in [0.05, 0.1) is 12.5 Å². The van der Waals surface area contributed by atoms with Gasteiger partial charge in [0.1, 0.15) is 23.2 Å². The molecule has 8 heteroatoms. The van der Waals surface area contributed by atoms with Crippen LogP contribution in [-0.4, -0.2) is 28.0 Å². The van der Waals surface area contributed by atoms with Crippen LogP contribution in [-0.2, 0) is 4.79 Å². The molecule has 1 atom stereocenters. The highest BCUT2D eigenvalue weighted by molar-refractivity contribution is 5.95. The molecule has 0 aliphatic heterocycles. The minimum atomic E-state index is -0.869. The summed E-state index contributed by atoms with van der Waals surface area (Å²) in [5.74, 6) is 0.816. The van der Waals surface area contributed by atoms with Gasteiger partial charge in [-0.3, -0.25) is 9.59 Å². The zero-order valence-electron chi connectivity index (χ0n) is 17.7. The second-order valence-corrected chi connectivity index (χ2v) is 7.32. The van der Waals surface area contributed by atoms with Gasteiger partial charge < -0.3 is 14.6 Å². The fourth-order valence-corrected chi connectivity index (χ4v) is 3.40. The molecule has 1 N–H and O–H groups in total. The van der Waals surface area contributed by atoms with E-state index in [9.17, 15) is 9.59 Å². The molecule has 31 heavy (non-hydrogen) atoms. The summed E-state index contributed by atoms with van der Waals surface area (Å²) in [6, 6.07) is 13.8. The van der Waals surface area contributed by atoms with Crippen LogP contribution in [0, 0.1) is 13.8 Å². The quantitative estimate of drug-likeness (QED) is 0.528. The van der Waals surface area contributed by atoms with Crippen LogP contribution in [0.25, 0.3) is 22.2 Å². The maximum atomic E-state index is 13.1. The molecule has 0 radical (unpaired) electrons. The molecular formula is C23H22N4O4. The van der Waals surface area contributed by atoms with Crippen LogP contribution in [0.1, 0.15) is 24.3 Å². The number of benzene rings is 2. The van der Waals surface area contributed by atoms with E-state index in [0.29, 0.717) is 28.3 Å². The first-order chi connectivity index (χ1) is 14.9. The number of hydrogen-bond acceptors (Lipinski definition) is 6. The van der Waals surface area contributed by atoms with Gasteiger partial charge in [0.25, 0.3) is 5.56 Å². The minimum absolute atomic E-state index is 0.133. The summed E-state index contributed by atoms with van der Waals surface area (Å²) in [6.45, 7) is 5.28. The molecule has 2 aromatic carbocycles. The normalized spacial score (nSPS) is 12.0. The van der Waals surface area contributed by atoms with E-state index in [0.717, 1.165) is 15.8 Å². The molecule has 0 fully saturated rings. The zero-order chi connectivity index (χ0) is 22.1. The van der Waals surface area contributed by atoms with E-state index in [4.69, 9.17) is 9.26 Å². The van der Waals surface area contributed by atoms with Crippen LogP contribution >= 0.6 is 0 Å². The molecule has 1 unspecified atom stereocenters. The van der Waals surface area contributed by atoms with Crippen molar-refractivity contribution in [3.05, 3.63) is 70.2 Å². The largest absolute Gasteiger partial charge is 0.497 e. The van der Waals surface area contributed by atoms with Gasteiger partial charge in [-0.1, -0.05) is 17.3 Å². The van der Waals surface area contributed by atoms with Crippen LogP contribution in [0.4, 0.5) is 5.69 Å². The van der Waals surface area contributed by atoms with Gasteiger partial charge >= 0.3 is 0 Å². The Kier molecular flexibility index (Phi) is 5.29. The van der Waals surface area contributed by atoms with E-state index in [1.165, 1.54) is 0 Å². The third-order valence-electron chi connectivity index (χ3n) is 5.11. The molecule has 0 saturated carbocycles. The van der Waals surface area contributed by atoms with Gasteiger partial charge in [0, 0.05) is 11.3 Å². The molecule has 8 nitrogen and oxygen atoms in total. The summed E-state index contributed by atoms with van der Waals surface area (Å²) in [4.78, 5) is 25.9. The van der Waals surface area contributed by atoms with Gasteiger partial charge in [-0.2, -0.15) is 5.10 Å². The van der Waals surface area contributed by atoms with E-state index in [1.807, 2.05) is 37.3 Å². The third-order valence-corrected chi connectivity index (χ3v) is 5.11. The first-order valence-corrected chi connectivity index (χ1v) is 9.80. The molecule has 158 valence electrons. The van der Waals surface area contributed by atoms with Gasteiger partial charge in [0.15, 0.2) is 5.52 Å². The number of nitrogens with one attached hydrogen (secondary N) is 1. The fraction of sp³-hybridized carbons (Fsp3) is 0.217. The highest BCUT2D eigenvalue weighted by Gasteiger charge is 2.24. The number of nitrogens with zero attached hydrogens (tertiary/aromatic N) is 3. The Morgan fingerprint density at radius 1 is 1.16 bits per heavy atom. The molecule has 2 heterocycles. The van der Waals surface area contributed by atoms with Crippen molar-refractivity contribution in [1.82, 2.24) is 14.9 Å². The van der Waals surface area contributed by atoms with Crippen molar-refractivity contribution in [3.63, 3.8) is 0 Å². The second-order valence-electron chi connectivity index (χ2n) is 7.32. The van der Waals surface area contributed by atoms with Crippen LogP contribution < -0.4 is 15.6 Å². The summed E-state index contributed by atoms with van der Waals surface area (Å²) in [5.41, 5.74) is 2.56. The Hall–Kier alpha value is -3.94. The van der Waals surface area contributed by atoms with Gasteiger partial charge in [-0.05, 0) is 62.7 Å². The number of carbonyl (C=O) groups excluding carboxylic acids is 1. The fourth-order valence-electron chi connectivity index (χ4n) is 3.40. The molecule has 0 saturated heterocycles. The number of fused-ring (bicyclic) bond motifs is 1. The van der Waals surface area contributed by atoms with Crippen LogP contribution in [0.2, 0.25) is 0 Å². The van der Waals surface area contributed by atoms with E-state index < -0.39 is 11.6 Å². The monoisotopic (exact) mass is 418 g/mol. The molecule has 0 aliphatic rings. The number of aryl methyl sites for hydroxylation is 2. The summed E-state index contributed by atoms with van der Waals surface area (Å²) in [7, 11) is 1.59. The molecule has 2 aromatic heterocycles. The van der Waals surface area contributed by atoms with Crippen molar-refractivity contribution in [2.24, 2.45) is 0 Å². The number of rotatable bonds is 5. The molecular weight excluding hydrogens is 396 g/mol. The lowest BCUT2D eigenvalue weighted by Gasteiger charge is -2.16. The first kappa shape index (κ1) is 20.3. The number of hydrogen-bond donors (Lipinski definition) is 1. The van der Waals surface area contributed by atoms with E-state index in [1.54, 1.807) is 39.2 Å². The SMILES string of the molecule is COc1ccc(-c2nn(C(C)C(=O)Nc3cccc(C)c3)c(=O)c3noc(C)c23)cc1. The highest BCUT2D eigenvalue weighted by atomic mass is 16.5. The molecule has 0 aliphatic carbocycles. The number of carbonyl (C=O) groups is 1. The van der Waals surface area contributed by atoms with Crippen LogP contribution in [0.15, 0.2) is 57.8 Å². The zero-order valence-corrected chi connectivity index (χ0v) is 17.7. The maximum Gasteiger partial charge on any atom is 0.297 e. The van der Waals surface area contributed by atoms with E-state index in [2.05, 4.69) is 15.6 Å². The van der Waals surface area contributed by atoms with Crippen molar-refractivity contribution in [1.29, 1.82) is 0 Å². The van der Waals surface area contributed by atoms with Gasteiger partial charge in [-0.15, -0.1) is 0 Å². The summed E-state index contributed by atoms with van der Waals surface area (Å²) >= 11 is 0. The van der Waals surface area contributed by atoms with E-state index >= 15 is 0 Å². The molecule has 0 bridgehead atoms. The lowest BCUT2D eigenvalue weighted by molar-refractivity contribution is -0.119. The maximum absolute atomic E-state index is 13.1. The van der Waals surface area contributed by atoms with Crippen LogP contribution in [0.5, 0.6) is 5.75 Å². The van der Waals surface area contributed by atoms with Crippen molar-refractivity contribution < 1.29 is 14.1 Å². The predicted octanol–water partition coefficient (Wildman–Crippen LogP) is 3.88. The van der Waals surface area contributed by atoms with Crippen molar-refractivity contribution in [2.45, 2.75) is 26.8 Å². The standard InChI is InChI=1S/C23H22N4O4/c1-13-6-5-7-17(12-13)24-22(28)14(2)27-23(29)21-19(15(3)31-26-21)20(25-27)16-8-10-18(30-4)11-9-16/h5-12,14H,1-4H3,(H,24,28). The molecule has 1 amide bonds. The minimum Gasteiger partial charge on any atom is -0.497 e. The average molecular weight is 418 g/mol. The Labute approximate surface area is 178 Å². The second kappa shape index (κ2) is 8.06. The predicted molar refractivity (Wildman–Crippen MR) is 117 cm³/mol. The smallest absolute Gasteiger partial charge is 0.297 e. The van der Waals surface area contributed by atoms with Crippen molar-refractivity contribution in [2.75, 3.05) is 12.4 Å². The van der Waals surface area contributed by atoms with Crippen molar-refractivity contribution in [3.8, 4) is 17.0 Å². The van der Waals surface area contributed by atoms with E-state index in [-0.39, 0.29) is 11.4 Å². The van der Waals surface area contributed by atoms with Gasteiger partial charge in [0.2, 0.25) is 5.91 Å². The number of methoxy groups -OCH3 is 1. The lowest BCUT2D eigenvalue weighted by Crippen LogP contribution is -2.34. The molecule has 4 rings (SSSR count). The number of anilines is 1. The topological polar surface area (TPSA) is 99.2 Å². The van der Waals surface area contributed by atoms with Crippen LogP contribution in [0.3, 0.4) is 0 Å². The summed E-state index contributed by atoms with van der Waals surface area (Å²) in [6.07, 6.45) is 0. The summed E-state index contributed by atoms with van der Waals surface area (Å²) < 4.78 is 11.6. The lowest BCUT2D eigenvalue weighted by atomic mass is 10.1. The Balaban J connectivity index is 1.79. The van der Waals surface area contributed by atoms with Gasteiger partial charge in [-0.25, -0.2) is 4.68 Å². The molecule has 0 spiro atoms. The summed E-state index contributed by atoms with van der Waals surface area (Å²) in [5, 5.41) is 11.8. The third kappa shape index (κ3) is 3.79.